The first-order chi connectivity index (χ1) is 10.2. The van der Waals surface area contributed by atoms with Gasteiger partial charge in [0, 0.05) is 22.0 Å². The molecule has 5 nitrogen and oxygen atoms in total. The molecule has 0 unspecified atom stereocenters. The van der Waals surface area contributed by atoms with Crippen molar-refractivity contribution in [1.82, 2.24) is 0 Å². The van der Waals surface area contributed by atoms with Gasteiger partial charge in [-0.3, -0.25) is 9.52 Å². The summed E-state index contributed by atoms with van der Waals surface area (Å²) in [5.41, 5.74) is 2.16. The number of rotatable bonds is 4. The first kappa shape index (κ1) is 16.3. The molecule has 0 aromatic heterocycles. The molecule has 0 saturated carbocycles. The van der Waals surface area contributed by atoms with E-state index in [2.05, 4.69) is 10.0 Å². The van der Waals surface area contributed by atoms with Crippen molar-refractivity contribution in [1.29, 1.82) is 0 Å². The lowest BCUT2D eigenvalue weighted by atomic mass is 10.1. The standard InChI is InChI=1S/C15H15ClN2O3S/c1-10-6-7-12(9-14(10)16)17-15(19)11-4-3-5-13(8-11)18-22(2,20)21/h3-9,18H,1-2H3,(H,17,19). The molecule has 0 spiro atoms. The Hall–Kier alpha value is -2.05. The van der Waals surface area contributed by atoms with E-state index in [-0.39, 0.29) is 5.91 Å². The summed E-state index contributed by atoms with van der Waals surface area (Å²) in [6.07, 6.45) is 1.05. The maximum Gasteiger partial charge on any atom is 0.255 e. The van der Waals surface area contributed by atoms with Crippen molar-refractivity contribution in [2.75, 3.05) is 16.3 Å². The van der Waals surface area contributed by atoms with Crippen molar-refractivity contribution in [3.8, 4) is 0 Å². The quantitative estimate of drug-likeness (QED) is 0.898. The number of anilines is 2. The molecule has 7 heteroatoms. The Labute approximate surface area is 134 Å². The van der Waals surface area contributed by atoms with E-state index in [1.807, 2.05) is 6.92 Å². The highest BCUT2D eigenvalue weighted by Crippen LogP contribution is 2.21. The van der Waals surface area contributed by atoms with Crippen molar-refractivity contribution in [3.63, 3.8) is 0 Å². The van der Waals surface area contributed by atoms with Crippen LogP contribution in [0.2, 0.25) is 5.02 Å². The minimum atomic E-state index is -3.39. The summed E-state index contributed by atoms with van der Waals surface area (Å²) in [5, 5.41) is 3.28. The SMILES string of the molecule is Cc1ccc(NC(=O)c2cccc(NS(C)(=O)=O)c2)cc1Cl. The molecule has 0 bridgehead atoms. The summed E-state index contributed by atoms with van der Waals surface area (Å²) in [6.45, 7) is 1.87. The van der Waals surface area contributed by atoms with E-state index in [0.29, 0.717) is 22.0 Å². The van der Waals surface area contributed by atoms with Gasteiger partial charge in [0.2, 0.25) is 10.0 Å². The van der Waals surface area contributed by atoms with Gasteiger partial charge in [-0.25, -0.2) is 8.42 Å². The molecule has 2 aromatic rings. The summed E-state index contributed by atoms with van der Waals surface area (Å²) in [5.74, 6) is -0.350. The Bertz CT molecular complexity index is 819. The molecule has 0 saturated heterocycles. The van der Waals surface area contributed by atoms with Gasteiger partial charge in [0.15, 0.2) is 0 Å². The molecule has 0 atom stereocenters. The van der Waals surface area contributed by atoms with Gasteiger partial charge in [-0.15, -0.1) is 0 Å². The molecule has 116 valence electrons. The molecule has 2 N–H and O–H groups in total. The van der Waals surface area contributed by atoms with Crippen LogP contribution >= 0.6 is 11.6 Å². The predicted molar refractivity (Wildman–Crippen MR) is 89.1 cm³/mol. The molecule has 1 amide bonds. The summed E-state index contributed by atoms with van der Waals surface area (Å²) < 4.78 is 24.8. The molecule has 0 aliphatic rings. The van der Waals surface area contributed by atoms with E-state index in [1.54, 1.807) is 36.4 Å². The van der Waals surface area contributed by atoms with Gasteiger partial charge in [-0.05, 0) is 42.8 Å². The van der Waals surface area contributed by atoms with Crippen molar-refractivity contribution in [3.05, 3.63) is 58.6 Å². The number of halogens is 1. The Balaban J connectivity index is 2.19. The number of carbonyl (C=O) groups is 1. The van der Waals surface area contributed by atoms with Crippen LogP contribution < -0.4 is 10.0 Å². The van der Waals surface area contributed by atoms with Gasteiger partial charge in [0.25, 0.3) is 5.91 Å². The van der Waals surface area contributed by atoms with Crippen LogP contribution in [-0.4, -0.2) is 20.6 Å². The second kappa shape index (κ2) is 6.37. The molecule has 2 aromatic carbocycles. The fraction of sp³-hybridized carbons (Fsp3) is 0.133. The number of carbonyl (C=O) groups excluding carboxylic acids is 1. The summed E-state index contributed by atoms with van der Waals surface area (Å²) in [6, 6.07) is 11.4. The van der Waals surface area contributed by atoms with Crippen LogP contribution in [0.5, 0.6) is 0 Å². The van der Waals surface area contributed by atoms with Crippen molar-refractivity contribution in [2.24, 2.45) is 0 Å². The molecule has 0 aliphatic heterocycles. The first-order valence-corrected chi connectivity index (χ1v) is 8.67. The molecule has 22 heavy (non-hydrogen) atoms. The lowest BCUT2D eigenvalue weighted by Crippen LogP contribution is -2.14. The van der Waals surface area contributed by atoms with Gasteiger partial charge < -0.3 is 5.32 Å². The molecule has 0 aliphatic carbocycles. The predicted octanol–water partition coefficient (Wildman–Crippen LogP) is 3.27. The Morgan fingerprint density at radius 2 is 1.82 bits per heavy atom. The monoisotopic (exact) mass is 338 g/mol. The lowest BCUT2D eigenvalue weighted by Gasteiger charge is -2.09. The number of hydrogen-bond acceptors (Lipinski definition) is 3. The molecule has 2 rings (SSSR count). The molecule has 0 radical (unpaired) electrons. The zero-order valence-corrected chi connectivity index (χ0v) is 13.6. The number of nitrogens with one attached hydrogen (secondary N) is 2. The summed E-state index contributed by atoms with van der Waals surface area (Å²) >= 11 is 6.01. The largest absolute Gasteiger partial charge is 0.322 e. The second-order valence-corrected chi connectivity index (χ2v) is 7.03. The minimum Gasteiger partial charge on any atom is -0.322 e. The summed E-state index contributed by atoms with van der Waals surface area (Å²) in [7, 11) is -3.39. The summed E-state index contributed by atoms with van der Waals surface area (Å²) in [4.78, 5) is 12.2. The third kappa shape index (κ3) is 4.47. The van der Waals surface area contributed by atoms with E-state index in [0.717, 1.165) is 11.8 Å². The van der Waals surface area contributed by atoms with Gasteiger partial charge in [0.05, 0.1) is 6.26 Å². The smallest absolute Gasteiger partial charge is 0.255 e. The van der Waals surface area contributed by atoms with Crippen LogP contribution in [0.15, 0.2) is 42.5 Å². The van der Waals surface area contributed by atoms with Gasteiger partial charge in [-0.2, -0.15) is 0 Å². The Morgan fingerprint density at radius 3 is 2.45 bits per heavy atom. The van der Waals surface area contributed by atoms with Crippen LogP contribution in [0.25, 0.3) is 0 Å². The van der Waals surface area contributed by atoms with Crippen LogP contribution in [0.1, 0.15) is 15.9 Å². The number of sulfonamides is 1. The lowest BCUT2D eigenvalue weighted by molar-refractivity contribution is 0.102. The van der Waals surface area contributed by atoms with Crippen LogP contribution in [-0.2, 0) is 10.0 Å². The van der Waals surface area contributed by atoms with E-state index in [1.165, 1.54) is 6.07 Å². The maximum atomic E-state index is 12.2. The molecular weight excluding hydrogens is 324 g/mol. The number of aryl methyl sites for hydroxylation is 1. The van der Waals surface area contributed by atoms with Crippen LogP contribution in [0, 0.1) is 6.92 Å². The maximum absolute atomic E-state index is 12.2. The average Bonchev–Trinajstić information content (AvgIpc) is 2.41. The fourth-order valence-corrected chi connectivity index (χ4v) is 2.55. The van der Waals surface area contributed by atoms with Crippen molar-refractivity contribution >= 4 is 38.9 Å². The highest BCUT2D eigenvalue weighted by molar-refractivity contribution is 7.92. The van der Waals surface area contributed by atoms with Gasteiger partial charge in [0.1, 0.15) is 0 Å². The normalized spacial score (nSPS) is 11.0. The van der Waals surface area contributed by atoms with Gasteiger partial charge in [-0.1, -0.05) is 23.7 Å². The highest BCUT2D eigenvalue weighted by Gasteiger charge is 2.09. The van der Waals surface area contributed by atoms with E-state index in [4.69, 9.17) is 11.6 Å². The Kier molecular flexibility index (Phi) is 4.73. The topological polar surface area (TPSA) is 75.3 Å². The first-order valence-electron chi connectivity index (χ1n) is 6.40. The van der Waals surface area contributed by atoms with Crippen molar-refractivity contribution in [2.45, 2.75) is 6.92 Å². The minimum absolute atomic E-state index is 0.331. The molecule has 0 heterocycles. The van der Waals surface area contributed by atoms with Crippen molar-refractivity contribution < 1.29 is 13.2 Å². The third-order valence-electron chi connectivity index (χ3n) is 2.86. The fourth-order valence-electron chi connectivity index (χ4n) is 1.81. The van der Waals surface area contributed by atoms with E-state index >= 15 is 0 Å². The average molecular weight is 339 g/mol. The highest BCUT2D eigenvalue weighted by atomic mass is 35.5. The van der Waals surface area contributed by atoms with Crippen LogP contribution in [0.3, 0.4) is 0 Å². The van der Waals surface area contributed by atoms with Crippen LogP contribution in [0.4, 0.5) is 11.4 Å². The molecule has 0 fully saturated rings. The number of amides is 1. The van der Waals surface area contributed by atoms with E-state index < -0.39 is 10.0 Å². The number of hydrogen-bond donors (Lipinski definition) is 2. The number of benzene rings is 2. The van der Waals surface area contributed by atoms with E-state index in [9.17, 15) is 13.2 Å². The Morgan fingerprint density at radius 1 is 1.09 bits per heavy atom. The zero-order valence-electron chi connectivity index (χ0n) is 12.1. The third-order valence-corrected chi connectivity index (χ3v) is 3.87. The molecular formula is C15H15ClN2O3S. The zero-order chi connectivity index (χ0) is 16.3. The van der Waals surface area contributed by atoms with Gasteiger partial charge >= 0.3 is 0 Å². The second-order valence-electron chi connectivity index (χ2n) is 4.87.